The lowest BCUT2D eigenvalue weighted by atomic mass is 9.78. The van der Waals surface area contributed by atoms with Crippen LogP contribution in [0.15, 0.2) is 0 Å². The maximum atomic E-state index is 11.2. The van der Waals surface area contributed by atoms with E-state index in [1.165, 1.54) is 38.8 Å². The quantitative estimate of drug-likeness (QED) is 0.106. The molecule has 0 aliphatic carbocycles. The first-order chi connectivity index (χ1) is 37.0. The molecule has 0 saturated carbocycles. The number of aliphatic hydroxyl groups excluding tert-OH is 2. The van der Waals surface area contributed by atoms with Crippen LogP contribution in [0.4, 0.5) is 0 Å². The molecule has 6 atom stereocenters. The summed E-state index contributed by atoms with van der Waals surface area (Å²) < 4.78 is 32.5. The van der Waals surface area contributed by atoms with Crippen molar-refractivity contribution in [1.29, 1.82) is 0 Å². The highest BCUT2D eigenvalue weighted by atomic mass is 32.2. The standard InChI is InChI=1S/C9H17NO.2C7H15NO.C7H15N.C7H14O2S.C7H14O.C6H12O2.C6H12O.C5H10O2.CO2/c1-7(2)9-5-4-6-10(9)8(3)11;1-5(2)7-3-6(9)4-8-7;1-5(2)7-6(9)3-4-8-7;1-7(2)8-5-3-4-6-8;1-6(2)7-4-3-5-10(7,8)9;1-6(2)7(3)4-8-5-7;1-5(2)3-4-6(7)8;1-5(2)6-3-7-4-6;1-4(2)3-5(6)7;2-1-3/h7,9H,4-6H2,1-3H3;2*5-9H,3-4H2,1-2H3;7H,3-6H2,1-2H3;6-7H,3-5H2,1-2H3;6H,4-5H2,1-3H3;5H,3-4H2,1-2H3,(H,7,8);5-6H,3-4H2,1-2H3;4H,3H2,1-2H3,(H,6,7);. The summed E-state index contributed by atoms with van der Waals surface area (Å²) in [5.41, 5.74) is 0.500. The fourth-order valence-electron chi connectivity index (χ4n) is 9.51. The molecular weight excluding hydrogens is 1040 g/mol. The molecule has 18 heteroatoms. The number of aliphatic hydroxyl groups is 2. The fourth-order valence-corrected chi connectivity index (χ4v) is 11.7. The van der Waals surface area contributed by atoms with Crippen molar-refractivity contribution in [1.82, 2.24) is 20.4 Å². The molecule has 7 saturated heterocycles. The number of carboxylic acid groups (broad SMARTS) is 2. The minimum atomic E-state index is -2.69. The summed E-state index contributed by atoms with van der Waals surface area (Å²) in [5.74, 6) is 4.61. The van der Waals surface area contributed by atoms with Crippen molar-refractivity contribution in [3.05, 3.63) is 0 Å². The molecule has 0 spiro atoms. The minimum absolute atomic E-state index is 0.0486. The average Bonchev–Trinajstić information content (AvgIpc) is 4.17. The summed E-state index contributed by atoms with van der Waals surface area (Å²) in [4.78, 5) is 51.6. The number of aliphatic carboxylic acids is 2. The Balaban J connectivity index is -0.000000831. The first-order valence-corrected chi connectivity index (χ1v) is 32.4. The summed E-state index contributed by atoms with van der Waals surface area (Å²) in [6, 6.07) is 2.16. The molecule has 6 unspecified atom stereocenters. The molecule has 476 valence electrons. The van der Waals surface area contributed by atoms with Crippen LogP contribution in [-0.2, 0) is 43.3 Å². The van der Waals surface area contributed by atoms with Crippen LogP contribution in [0.25, 0.3) is 0 Å². The van der Waals surface area contributed by atoms with Gasteiger partial charge in [0, 0.05) is 68.4 Å². The summed E-state index contributed by atoms with van der Waals surface area (Å²) in [7, 11) is -2.69. The van der Waals surface area contributed by atoms with Gasteiger partial charge in [-0.25, -0.2) is 8.42 Å². The molecule has 7 aliphatic rings. The number of amides is 1. The third-order valence-corrected chi connectivity index (χ3v) is 18.3. The van der Waals surface area contributed by atoms with E-state index in [4.69, 9.17) is 34.4 Å². The third-order valence-electron chi connectivity index (χ3n) is 15.7. The van der Waals surface area contributed by atoms with E-state index in [9.17, 15) is 27.9 Å². The Labute approximate surface area is 488 Å². The number of carbonyl (C=O) groups is 3. The lowest BCUT2D eigenvalue weighted by Crippen LogP contribution is -2.43. The zero-order chi connectivity index (χ0) is 62.5. The molecule has 0 bridgehead atoms. The highest BCUT2D eigenvalue weighted by Crippen LogP contribution is 2.34. The number of β-amino-alcohol motifs (C(OH)–C–C–N with tert-alkyl or cyclic N) is 1. The van der Waals surface area contributed by atoms with Gasteiger partial charge >= 0.3 is 18.1 Å². The van der Waals surface area contributed by atoms with Gasteiger partial charge in [-0.05, 0) is 139 Å². The normalized spacial score (nSPS) is 24.2. The number of carbonyl (C=O) groups excluding carboxylic acids is 3. The number of sulfone groups is 1. The first-order valence-electron chi connectivity index (χ1n) is 30.6. The predicted octanol–water partition coefficient (Wildman–Crippen LogP) is 10.1. The number of nitrogens with one attached hydrogen (secondary N) is 2. The second-order valence-electron chi connectivity index (χ2n) is 26.3. The Hall–Kier alpha value is -2.54. The Morgan fingerprint density at radius 1 is 0.675 bits per heavy atom. The number of carboxylic acids is 2. The van der Waals surface area contributed by atoms with E-state index < -0.39 is 21.8 Å². The molecule has 1 amide bonds. The van der Waals surface area contributed by atoms with Gasteiger partial charge in [0.05, 0.1) is 49.6 Å². The SMILES string of the molecule is CC(=O)N1CCCC1C(C)C.CC(C)C1(C)COC1.CC(C)C1CC(O)CN1.CC(C)C1CCCS1(=O)=O.CC(C)C1COC1.CC(C)C1NCCC1O.CC(C)CC(=O)O.CC(C)CCC(=O)O.CC(C)N1CCCC1.O=C=O. The second-order valence-corrected chi connectivity index (χ2v) is 28.6. The van der Waals surface area contributed by atoms with Gasteiger partial charge in [0.2, 0.25) is 5.91 Å². The number of ether oxygens (including phenoxy) is 2. The first kappa shape index (κ1) is 81.7. The zero-order valence-electron chi connectivity index (χ0n) is 54.4. The van der Waals surface area contributed by atoms with E-state index in [-0.39, 0.29) is 41.9 Å². The van der Waals surface area contributed by atoms with Crippen molar-refractivity contribution < 1.29 is 62.3 Å². The van der Waals surface area contributed by atoms with Gasteiger partial charge in [-0.15, -0.1) is 0 Å². The maximum Gasteiger partial charge on any atom is 0.373 e. The fraction of sp³-hybridized carbons (Fsp3) is 0.935. The monoisotopic (exact) mass is 1160 g/mol. The van der Waals surface area contributed by atoms with Gasteiger partial charge in [0.1, 0.15) is 0 Å². The van der Waals surface area contributed by atoms with E-state index in [1.807, 2.05) is 46.4 Å². The van der Waals surface area contributed by atoms with Gasteiger partial charge in [0.25, 0.3) is 0 Å². The van der Waals surface area contributed by atoms with E-state index in [1.54, 1.807) is 6.92 Å². The highest BCUT2D eigenvalue weighted by molar-refractivity contribution is 7.92. The summed E-state index contributed by atoms with van der Waals surface area (Å²) in [6.45, 7) is 51.5. The molecule has 7 aliphatic heterocycles. The molecule has 0 radical (unpaired) electrons. The van der Waals surface area contributed by atoms with E-state index in [2.05, 4.69) is 106 Å². The molecule has 0 aromatic heterocycles. The number of hydrogen-bond acceptors (Lipinski definition) is 14. The molecule has 0 aromatic rings. The second kappa shape index (κ2) is 44.9. The van der Waals surface area contributed by atoms with Crippen LogP contribution in [0.3, 0.4) is 0 Å². The van der Waals surface area contributed by atoms with Gasteiger partial charge in [-0.1, -0.05) is 118 Å². The van der Waals surface area contributed by atoms with Crippen LogP contribution in [0.5, 0.6) is 0 Å². The van der Waals surface area contributed by atoms with Crippen molar-refractivity contribution in [3.63, 3.8) is 0 Å². The lowest BCUT2D eigenvalue weighted by Gasteiger charge is -2.41. The van der Waals surface area contributed by atoms with Crippen molar-refractivity contribution in [2.45, 2.75) is 251 Å². The number of nitrogens with zero attached hydrogens (tertiary/aromatic N) is 2. The number of likely N-dealkylation sites (tertiary alicyclic amines) is 2. The van der Waals surface area contributed by atoms with E-state index >= 15 is 0 Å². The van der Waals surface area contributed by atoms with Gasteiger partial charge in [-0.2, -0.15) is 9.59 Å². The Bertz CT molecular complexity index is 1720. The number of hydrogen-bond donors (Lipinski definition) is 6. The van der Waals surface area contributed by atoms with Gasteiger partial charge in [-0.3, -0.25) is 14.4 Å². The van der Waals surface area contributed by atoms with Gasteiger partial charge < -0.3 is 50.3 Å². The Morgan fingerprint density at radius 2 is 1.23 bits per heavy atom. The van der Waals surface area contributed by atoms with E-state index in [0.717, 1.165) is 102 Å². The maximum absolute atomic E-state index is 11.2. The van der Waals surface area contributed by atoms with Crippen molar-refractivity contribution in [2.75, 3.05) is 64.9 Å². The van der Waals surface area contributed by atoms with Crippen LogP contribution < -0.4 is 10.6 Å². The Morgan fingerprint density at radius 3 is 1.39 bits per heavy atom. The molecule has 7 fully saturated rings. The minimum Gasteiger partial charge on any atom is -0.481 e. The van der Waals surface area contributed by atoms with E-state index in [0.29, 0.717) is 65.3 Å². The topological polar surface area (TPSA) is 249 Å². The molecule has 7 rings (SSSR count). The van der Waals surface area contributed by atoms with Crippen LogP contribution in [0.2, 0.25) is 0 Å². The largest absolute Gasteiger partial charge is 0.481 e. The van der Waals surface area contributed by atoms with Crippen molar-refractivity contribution >= 4 is 33.8 Å². The molecule has 17 nitrogen and oxygen atoms in total. The van der Waals surface area contributed by atoms with Crippen LogP contribution in [0.1, 0.15) is 209 Å². The summed E-state index contributed by atoms with van der Waals surface area (Å²) in [5, 5.41) is 41.1. The molecule has 80 heavy (non-hydrogen) atoms. The smallest absolute Gasteiger partial charge is 0.373 e. The average molecular weight is 1170 g/mol. The summed E-state index contributed by atoms with van der Waals surface area (Å²) >= 11 is 0. The van der Waals surface area contributed by atoms with Crippen molar-refractivity contribution in [3.8, 4) is 0 Å². The molecular formula is C62H124N4O13S. The molecule has 7 heterocycles. The predicted molar refractivity (Wildman–Crippen MR) is 324 cm³/mol. The molecule has 0 aromatic carbocycles. The number of rotatable bonds is 12. The third kappa shape index (κ3) is 39.1. The Kier molecular flexibility index (Phi) is 45.9. The molecule has 6 N–H and O–H groups in total. The summed E-state index contributed by atoms with van der Waals surface area (Å²) in [6.07, 6.45) is 10.2. The van der Waals surface area contributed by atoms with Crippen molar-refractivity contribution in [2.24, 2.45) is 58.7 Å². The van der Waals surface area contributed by atoms with Crippen LogP contribution in [0, 0.1) is 58.7 Å². The lowest BCUT2D eigenvalue weighted by molar-refractivity contribution is -0.191. The van der Waals surface area contributed by atoms with Crippen LogP contribution in [-0.4, -0.2) is 169 Å². The highest BCUT2D eigenvalue weighted by Gasteiger charge is 2.36. The van der Waals surface area contributed by atoms with Gasteiger partial charge in [0.15, 0.2) is 9.84 Å². The van der Waals surface area contributed by atoms with Crippen LogP contribution >= 0.6 is 0 Å². The zero-order valence-corrected chi connectivity index (χ0v) is 55.2.